The van der Waals surface area contributed by atoms with E-state index in [0.717, 1.165) is 47.2 Å². The molecule has 0 radical (unpaired) electrons. The quantitative estimate of drug-likeness (QED) is 0.346. The van der Waals surface area contributed by atoms with Crippen LogP contribution in [0.1, 0.15) is 44.4 Å². The number of aromatic nitrogens is 1. The topological polar surface area (TPSA) is 69.7 Å². The average molecular weight is 493 g/mol. The Morgan fingerprint density at radius 1 is 1.03 bits per heavy atom. The summed E-state index contributed by atoms with van der Waals surface area (Å²) in [7, 11) is 8.79. The van der Waals surface area contributed by atoms with Gasteiger partial charge in [-0.3, -0.25) is 4.98 Å². The normalized spacial score (nSPS) is 10.7. The zero-order valence-corrected chi connectivity index (χ0v) is 23.4. The molecule has 0 spiro atoms. The van der Waals surface area contributed by atoms with Gasteiger partial charge in [0.2, 0.25) is 0 Å². The van der Waals surface area contributed by atoms with E-state index >= 15 is 0 Å². The molecule has 0 aliphatic rings. The van der Waals surface area contributed by atoms with Gasteiger partial charge in [0.25, 0.3) is 0 Å². The minimum atomic E-state index is 0.377. The molecule has 6 nitrogen and oxygen atoms in total. The van der Waals surface area contributed by atoms with Gasteiger partial charge >= 0.3 is 0 Å². The number of methoxy groups -OCH3 is 1. The number of pyridine rings is 1. The van der Waals surface area contributed by atoms with E-state index in [4.69, 9.17) is 9.84 Å². The molecular formula is C30H44N4O2. The first kappa shape index (κ1) is 30.7. The summed E-state index contributed by atoms with van der Waals surface area (Å²) in [5.41, 5.74) is 7.75. The summed E-state index contributed by atoms with van der Waals surface area (Å²) in [5, 5.41) is 13.7. The zero-order valence-electron chi connectivity index (χ0n) is 23.4. The number of aliphatic hydroxyl groups is 1. The number of para-hydroxylation sites is 1. The van der Waals surface area contributed by atoms with E-state index in [2.05, 4.69) is 78.8 Å². The Morgan fingerprint density at radius 3 is 2.33 bits per heavy atom. The SMILES string of the molecule is CC.CN/C=C(\c1cncc(-c2ccc(NC(C)C)c(CN(C)C)c2)c1)c1ccccc1OC.CO. The van der Waals surface area contributed by atoms with Crippen molar-refractivity contribution < 1.29 is 9.84 Å². The molecule has 36 heavy (non-hydrogen) atoms. The smallest absolute Gasteiger partial charge is 0.126 e. The first-order chi connectivity index (χ1) is 17.4. The molecule has 0 fully saturated rings. The summed E-state index contributed by atoms with van der Waals surface area (Å²) in [6.45, 7) is 9.19. The fourth-order valence-corrected chi connectivity index (χ4v) is 3.77. The number of anilines is 1. The molecule has 2 aromatic carbocycles. The van der Waals surface area contributed by atoms with Gasteiger partial charge in [-0.25, -0.2) is 0 Å². The number of aliphatic hydroxyl groups excluding tert-OH is 1. The molecule has 3 N–H and O–H groups in total. The number of nitrogens with one attached hydrogen (secondary N) is 2. The van der Waals surface area contributed by atoms with Crippen molar-refractivity contribution in [2.45, 2.75) is 40.3 Å². The lowest BCUT2D eigenvalue weighted by Crippen LogP contribution is -2.16. The lowest BCUT2D eigenvalue weighted by Gasteiger charge is -2.19. The van der Waals surface area contributed by atoms with Crippen LogP contribution < -0.4 is 15.4 Å². The molecule has 6 heteroatoms. The van der Waals surface area contributed by atoms with Crippen LogP contribution in [0.2, 0.25) is 0 Å². The summed E-state index contributed by atoms with van der Waals surface area (Å²) >= 11 is 0. The molecule has 0 aliphatic heterocycles. The molecule has 0 aliphatic carbocycles. The predicted octanol–water partition coefficient (Wildman–Crippen LogP) is 5.88. The molecule has 196 valence electrons. The monoisotopic (exact) mass is 492 g/mol. The largest absolute Gasteiger partial charge is 0.496 e. The van der Waals surface area contributed by atoms with Crippen molar-refractivity contribution in [1.82, 2.24) is 15.2 Å². The van der Waals surface area contributed by atoms with E-state index in [-0.39, 0.29) is 0 Å². The van der Waals surface area contributed by atoms with E-state index in [0.29, 0.717) is 6.04 Å². The lowest BCUT2D eigenvalue weighted by molar-refractivity contribution is 0.399. The highest BCUT2D eigenvalue weighted by Gasteiger charge is 2.13. The molecule has 1 heterocycles. The van der Waals surface area contributed by atoms with Crippen molar-refractivity contribution in [2.24, 2.45) is 0 Å². The van der Waals surface area contributed by atoms with Crippen LogP contribution in [-0.4, -0.2) is 56.4 Å². The van der Waals surface area contributed by atoms with Crippen molar-refractivity contribution in [1.29, 1.82) is 0 Å². The van der Waals surface area contributed by atoms with Crippen molar-refractivity contribution in [3.05, 3.63) is 83.8 Å². The minimum absolute atomic E-state index is 0.377. The number of ether oxygens (including phenoxy) is 1. The van der Waals surface area contributed by atoms with E-state index in [9.17, 15) is 0 Å². The molecule has 0 unspecified atom stereocenters. The highest BCUT2D eigenvalue weighted by Crippen LogP contribution is 2.33. The number of hydrogen-bond acceptors (Lipinski definition) is 6. The summed E-state index contributed by atoms with van der Waals surface area (Å²) < 4.78 is 5.61. The van der Waals surface area contributed by atoms with Crippen LogP contribution in [0.5, 0.6) is 5.75 Å². The van der Waals surface area contributed by atoms with Gasteiger partial charge in [0.1, 0.15) is 5.75 Å². The Hall–Kier alpha value is -3.35. The zero-order chi connectivity index (χ0) is 27.1. The van der Waals surface area contributed by atoms with Gasteiger partial charge in [0, 0.05) is 73.3 Å². The Bertz CT molecular complexity index is 1080. The summed E-state index contributed by atoms with van der Waals surface area (Å²) in [5.74, 6) is 0.830. The van der Waals surface area contributed by atoms with Crippen LogP contribution in [0, 0.1) is 0 Å². The molecular weight excluding hydrogens is 448 g/mol. The molecule has 3 aromatic rings. The average Bonchev–Trinajstić information content (AvgIpc) is 2.90. The predicted molar refractivity (Wildman–Crippen MR) is 154 cm³/mol. The highest BCUT2D eigenvalue weighted by molar-refractivity contribution is 5.84. The van der Waals surface area contributed by atoms with Crippen molar-refractivity contribution in [3.8, 4) is 16.9 Å². The van der Waals surface area contributed by atoms with Crippen LogP contribution in [0.4, 0.5) is 5.69 Å². The van der Waals surface area contributed by atoms with E-state index in [1.807, 2.05) is 57.7 Å². The summed E-state index contributed by atoms with van der Waals surface area (Å²) in [6.07, 6.45) is 5.81. The van der Waals surface area contributed by atoms with Gasteiger partial charge < -0.3 is 25.4 Å². The highest BCUT2D eigenvalue weighted by atomic mass is 16.5. The molecule has 0 saturated heterocycles. The van der Waals surface area contributed by atoms with E-state index < -0.39 is 0 Å². The van der Waals surface area contributed by atoms with Crippen LogP contribution in [-0.2, 0) is 6.54 Å². The fraction of sp³-hybridized carbons (Fsp3) is 0.367. The van der Waals surface area contributed by atoms with Gasteiger partial charge in [0.05, 0.1) is 7.11 Å². The van der Waals surface area contributed by atoms with Crippen LogP contribution in [0.3, 0.4) is 0 Å². The standard InChI is InChI=1S/C27H34N4O.C2H6.CH4O/c1-19(2)30-26-12-11-20(13-23(26)18-31(4)5)21-14-22(16-29-15-21)25(17-28-3)24-9-7-8-10-27(24)32-6;2*1-2/h7-17,19,28,30H,18H2,1-6H3;1-2H3;2H,1H3/b25-17+;;. The second-order valence-electron chi connectivity index (χ2n) is 8.42. The van der Waals surface area contributed by atoms with Crippen LogP contribution in [0.15, 0.2) is 67.1 Å². The molecule has 0 bridgehead atoms. The lowest BCUT2D eigenvalue weighted by atomic mass is 9.96. The van der Waals surface area contributed by atoms with Gasteiger partial charge in [-0.1, -0.05) is 38.1 Å². The molecule has 0 saturated carbocycles. The fourth-order valence-electron chi connectivity index (χ4n) is 3.77. The third kappa shape index (κ3) is 8.70. The number of hydrogen-bond donors (Lipinski definition) is 3. The first-order valence-corrected chi connectivity index (χ1v) is 12.4. The molecule has 0 amide bonds. The molecule has 1 aromatic heterocycles. The Morgan fingerprint density at radius 2 is 1.72 bits per heavy atom. The van der Waals surface area contributed by atoms with E-state index in [1.165, 1.54) is 11.3 Å². The molecule has 0 atom stereocenters. The Balaban J connectivity index is 0.00000154. The second kappa shape index (κ2) is 16.3. The van der Waals surface area contributed by atoms with Gasteiger partial charge in [-0.2, -0.15) is 0 Å². The third-order valence-electron chi connectivity index (χ3n) is 5.10. The van der Waals surface area contributed by atoms with E-state index in [1.54, 1.807) is 7.11 Å². The van der Waals surface area contributed by atoms with Crippen molar-refractivity contribution >= 4 is 11.3 Å². The number of nitrogens with zero attached hydrogens (tertiary/aromatic N) is 2. The van der Waals surface area contributed by atoms with Crippen LogP contribution >= 0.6 is 0 Å². The second-order valence-corrected chi connectivity index (χ2v) is 8.42. The van der Waals surface area contributed by atoms with Gasteiger partial charge in [-0.05, 0) is 63.3 Å². The molecule has 3 rings (SSSR count). The maximum absolute atomic E-state index is 7.00. The van der Waals surface area contributed by atoms with Crippen LogP contribution in [0.25, 0.3) is 16.7 Å². The van der Waals surface area contributed by atoms with Gasteiger partial charge in [0.15, 0.2) is 0 Å². The summed E-state index contributed by atoms with van der Waals surface area (Å²) in [6, 6.07) is 17.2. The number of benzene rings is 2. The van der Waals surface area contributed by atoms with Gasteiger partial charge in [-0.15, -0.1) is 0 Å². The first-order valence-electron chi connectivity index (χ1n) is 12.4. The van der Waals surface area contributed by atoms with Crippen molar-refractivity contribution in [2.75, 3.05) is 40.7 Å². The Kier molecular flexibility index (Phi) is 13.9. The maximum atomic E-state index is 7.00. The minimum Gasteiger partial charge on any atom is -0.496 e. The number of rotatable bonds is 9. The Labute approximate surface area is 218 Å². The maximum Gasteiger partial charge on any atom is 0.126 e. The van der Waals surface area contributed by atoms with Crippen molar-refractivity contribution in [3.63, 3.8) is 0 Å². The summed E-state index contributed by atoms with van der Waals surface area (Å²) in [4.78, 5) is 6.76. The third-order valence-corrected chi connectivity index (χ3v) is 5.10.